The molecule has 1 aromatic heterocycles. The smallest absolute Gasteiger partial charge is 0.262 e. The van der Waals surface area contributed by atoms with E-state index in [1.165, 1.54) is 6.20 Å². The van der Waals surface area contributed by atoms with Crippen molar-refractivity contribution in [3.8, 4) is 6.07 Å². The molecule has 0 fully saturated rings. The molecule has 0 saturated carbocycles. The molecule has 1 rings (SSSR count). The number of nitrogens with zero attached hydrogens (tertiary/aromatic N) is 3. The summed E-state index contributed by atoms with van der Waals surface area (Å²) in [7, 11) is 0. The third-order valence-corrected chi connectivity index (χ3v) is 1.34. The standard InChI is InChI=1S/C6H7N5O/c7-1-4-3-10-11(6(4)9)5(12)2-8/h3H,2,8-9H2. The van der Waals surface area contributed by atoms with E-state index >= 15 is 0 Å². The van der Waals surface area contributed by atoms with Gasteiger partial charge in [0, 0.05) is 0 Å². The monoisotopic (exact) mass is 165 g/mol. The predicted molar refractivity (Wildman–Crippen MR) is 41.0 cm³/mol. The Morgan fingerprint density at radius 2 is 2.50 bits per heavy atom. The zero-order valence-corrected chi connectivity index (χ0v) is 6.19. The fraction of sp³-hybridized carbons (Fsp3) is 0.167. The summed E-state index contributed by atoms with van der Waals surface area (Å²) in [6, 6.07) is 1.79. The number of rotatable bonds is 1. The second kappa shape index (κ2) is 3.02. The van der Waals surface area contributed by atoms with Crippen molar-refractivity contribution >= 4 is 11.7 Å². The lowest BCUT2D eigenvalue weighted by Gasteiger charge is -1.97. The van der Waals surface area contributed by atoms with Crippen molar-refractivity contribution in [2.75, 3.05) is 12.3 Å². The fourth-order valence-corrected chi connectivity index (χ4v) is 0.729. The number of aromatic nitrogens is 2. The van der Waals surface area contributed by atoms with Gasteiger partial charge in [0.2, 0.25) is 0 Å². The van der Waals surface area contributed by atoms with Gasteiger partial charge in [0.1, 0.15) is 17.5 Å². The quantitative estimate of drug-likeness (QED) is 0.550. The minimum atomic E-state index is -0.436. The van der Waals surface area contributed by atoms with Crippen LogP contribution in [0.2, 0.25) is 0 Å². The highest BCUT2D eigenvalue weighted by Gasteiger charge is 2.11. The number of nitrogen functional groups attached to an aromatic ring is 1. The van der Waals surface area contributed by atoms with Crippen molar-refractivity contribution in [1.29, 1.82) is 5.26 Å². The van der Waals surface area contributed by atoms with Crippen molar-refractivity contribution in [2.45, 2.75) is 0 Å². The second-order valence-corrected chi connectivity index (χ2v) is 2.06. The Labute approximate surface area is 68.4 Å². The normalized spacial score (nSPS) is 9.33. The van der Waals surface area contributed by atoms with Crippen LogP contribution >= 0.6 is 0 Å². The number of nitriles is 1. The summed E-state index contributed by atoms with van der Waals surface area (Å²) in [6.07, 6.45) is 1.23. The van der Waals surface area contributed by atoms with Gasteiger partial charge in [-0.2, -0.15) is 15.0 Å². The van der Waals surface area contributed by atoms with Crippen LogP contribution in [0.3, 0.4) is 0 Å². The van der Waals surface area contributed by atoms with Crippen LogP contribution in [-0.4, -0.2) is 22.2 Å². The first-order chi connectivity index (χ1) is 5.70. The lowest BCUT2D eigenvalue weighted by molar-refractivity contribution is 0.0911. The van der Waals surface area contributed by atoms with Crippen molar-refractivity contribution in [2.24, 2.45) is 5.73 Å². The van der Waals surface area contributed by atoms with E-state index in [9.17, 15) is 4.79 Å². The topological polar surface area (TPSA) is 111 Å². The fourth-order valence-electron chi connectivity index (χ4n) is 0.729. The first kappa shape index (κ1) is 8.23. The molecule has 6 heteroatoms. The average Bonchev–Trinajstić information content (AvgIpc) is 2.45. The first-order valence-corrected chi connectivity index (χ1v) is 3.17. The van der Waals surface area contributed by atoms with Crippen LogP contribution in [0.4, 0.5) is 5.82 Å². The molecule has 0 aromatic carbocycles. The summed E-state index contributed by atoms with van der Waals surface area (Å²) in [4.78, 5) is 10.9. The molecule has 6 nitrogen and oxygen atoms in total. The molecule has 0 amide bonds. The molecular weight excluding hydrogens is 158 g/mol. The maximum absolute atomic E-state index is 10.9. The Morgan fingerprint density at radius 3 is 2.92 bits per heavy atom. The number of nitrogens with two attached hydrogens (primary N) is 2. The Kier molecular flexibility index (Phi) is 2.07. The van der Waals surface area contributed by atoms with Crippen molar-refractivity contribution < 1.29 is 4.79 Å². The lowest BCUT2D eigenvalue weighted by atomic mass is 10.4. The van der Waals surface area contributed by atoms with E-state index < -0.39 is 5.91 Å². The largest absolute Gasteiger partial charge is 0.382 e. The summed E-state index contributed by atoms with van der Waals surface area (Å²) < 4.78 is 0.915. The highest BCUT2D eigenvalue weighted by atomic mass is 16.2. The number of carbonyl (C=O) groups excluding carboxylic acids is 1. The van der Waals surface area contributed by atoms with E-state index in [2.05, 4.69) is 5.10 Å². The van der Waals surface area contributed by atoms with E-state index in [0.717, 1.165) is 4.68 Å². The van der Waals surface area contributed by atoms with Gasteiger partial charge in [-0.05, 0) is 0 Å². The zero-order valence-electron chi connectivity index (χ0n) is 6.19. The van der Waals surface area contributed by atoms with Crippen LogP contribution < -0.4 is 11.5 Å². The minimum absolute atomic E-state index is 0.0351. The van der Waals surface area contributed by atoms with Gasteiger partial charge in [-0.1, -0.05) is 0 Å². The van der Waals surface area contributed by atoms with E-state index in [1.54, 1.807) is 6.07 Å². The van der Waals surface area contributed by atoms with Crippen LogP contribution in [0.1, 0.15) is 10.4 Å². The van der Waals surface area contributed by atoms with E-state index in [1.807, 2.05) is 0 Å². The van der Waals surface area contributed by atoms with Crippen molar-refractivity contribution in [1.82, 2.24) is 9.78 Å². The molecule has 0 aliphatic rings. The summed E-state index contributed by atoms with van der Waals surface area (Å²) in [5, 5.41) is 12.1. The van der Waals surface area contributed by atoms with E-state index in [-0.39, 0.29) is 17.9 Å². The summed E-state index contributed by atoms with van der Waals surface area (Å²) in [6.45, 7) is -0.184. The van der Waals surface area contributed by atoms with Gasteiger partial charge in [0.15, 0.2) is 0 Å². The molecule has 0 radical (unpaired) electrons. The third kappa shape index (κ3) is 1.13. The molecule has 1 heterocycles. The number of hydrogen-bond donors (Lipinski definition) is 2. The van der Waals surface area contributed by atoms with Crippen LogP contribution in [0.5, 0.6) is 0 Å². The van der Waals surface area contributed by atoms with Gasteiger partial charge >= 0.3 is 0 Å². The summed E-state index contributed by atoms with van der Waals surface area (Å²) in [5.41, 5.74) is 10.6. The van der Waals surface area contributed by atoms with Crippen LogP contribution in [0, 0.1) is 11.3 Å². The molecule has 4 N–H and O–H groups in total. The van der Waals surface area contributed by atoms with Crippen LogP contribution in [0.25, 0.3) is 0 Å². The molecular formula is C6H7N5O. The molecule has 1 aromatic rings. The van der Waals surface area contributed by atoms with E-state index in [4.69, 9.17) is 16.7 Å². The van der Waals surface area contributed by atoms with Gasteiger partial charge in [0.05, 0.1) is 12.7 Å². The van der Waals surface area contributed by atoms with Crippen molar-refractivity contribution in [3.63, 3.8) is 0 Å². The molecule has 0 saturated heterocycles. The molecule has 0 aliphatic heterocycles. The Balaban J connectivity index is 3.12. The molecule has 0 spiro atoms. The molecule has 12 heavy (non-hydrogen) atoms. The van der Waals surface area contributed by atoms with Gasteiger partial charge in [0.25, 0.3) is 5.91 Å². The maximum Gasteiger partial charge on any atom is 0.262 e. The molecule has 0 atom stereocenters. The lowest BCUT2D eigenvalue weighted by Crippen LogP contribution is -2.23. The SMILES string of the molecule is N#Cc1cnn(C(=O)CN)c1N. The maximum atomic E-state index is 10.9. The summed E-state index contributed by atoms with van der Waals surface area (Å²) >= 11 is 0. The zero-order chi connectivity index (χ0) is 9.14. The Hall–Kier alpha value is -1.87. The van der Waals surface area contributed by atoms with Crippen LogP contribution in [-0.2, 0) is 0 Å². The van der Waals surface area contributed by atoms with Gasteiger partial charge in [-0.3, -0.25) is 4.79 Å². The third-order valence-electron chi connectivity index (χ3n) is 1.34. The Morgan fingerprint density at radius 1 is 1.83 bits per heavy atom. The Bertz CT molecular complexity index is 347. The second-order valence-electron chi connectivity index (χ2n) is 2.06. The van der Waals surface area contributed by atoms with Crippen molar-refractivity contribution in [3.05, 3.63) is 11.8 Å². The van der Waals surface area contributed by atoms with Gasteiger partial charge in [-0.25, -0.2) is 0 Å². The molecule has 0 bridgehead atoms. The number of carbonyl (C=O) groups is 1. The van der Waals surface area contributed by atoms with Gasteiger partial charge in [-0.15, -0.1) is 0 Å². The molecule has 0 unspecified atom stereocenters. The van der Waals surface area contributed by atoms with Gasteiger partial charge < -0.3 is 11.5 Å². The van der Waals surface area contributed by atoms with E-state index in [0.29, 0.717) is 0 Å². The first-order valence-electron chi connectivity index (χ1n) is 3.17. The predicted octanol–water partition coefficient (Wildman–Crippen LogP) is -1.06. The summed E-state index contributed by atoms with van der Waals surface area (Å²) in [5.74, 6) is -0.401. The highest BCUT2D eigenvalue weighted by Crippen LogP contribution is 2.07. The number of hydrogen-bond acceptors (Lipinski definition) is 5. The minimum Gasteiger partial charge on any atom is -0.382 e. The van der Waals surface area contributed by atoms with Crippen LogP contribution in [0.15, 0.2) is 6.20 Å². The number of anilines is 1. The highest BCUT2D eigenvalue weighted by molar-refractivity contribution is 5.83. The molecule has 0 aliphatic carbocycles. The molecule has 62 valence electrons. The average molecular weight is 165 g/mol.